The lowest BCUT2D eigenvalue weighted by Gasteiger charge is -2.22. The van der Waals surface area contributed by atoms with Crippen molar-refractivity contribution in [1.29, 1.82) is 0 Å². The molecule has 0 aromatic heterocycles. The maximum Gasteiger partial charge on any atom is 0.0343 e. The molecule has 0 saturated heterocycles. The lowest BCUT2D eigenvalue weighted by atomic mass is 9.90. The minimum atomic E-state index is 0.220. The summed E-state index contributed by atoms with van der Waals surface area (Å²) in [4.78, 5) is 0. The maximum atomic E-state index is 5.70. The highest BCUT2D eigenvalue weighted by Crippen LogP contribution is 2.21. The first-order valence-electron chi connectivity index (χ1n) is 5.65. The summed E-state index contributed by atoms with van der Waals surface area (Å²) in [5.41, 5.74) is 8.34. The second-order valence-electron chi connectivity index (χ2n) is 5.01. The van der Waals surface area contributed by atoms with E-state index in [9.17, 15) is 0 Å². The molecule has 0 amide bonds. The molecule has 0 spiro atoms. The van der Waals surface area contributed by atoms with Gasteiger partial charge in [0.05, 0.1) is 0 Å². The van der Waals surface area contributed by atoms with Crippen molar-refractivity contribution in [1.82, 2.24) is 0 Å². The van der Waals surface area contributed by atoms with Crippen LogP contribution in [0.1, 0.15) is 25.8 Å². The maximum absolute atomic E-state index is 5.70. The number of hydrogen-bond acceptors (Lipinski definition) is 2. The van der Waals surface area contributed by atoms with Gasteiger partial charge in [-0.05, 0) is 49.1 Å². The van der Waals surface area contributed by atoms with Gasteiger partial charge >= 0.3 is 0 Å². The van der Waals surface area contributed by atoms with Gasteiger partial charge < -0.3 is 11.1 Å². The Morgan fingerprint density at radius 3 is 2.62 bits per heavy atom. The molecular formula is C13H21BrN2. The van der Waals surface area contributed by atoms with E-state index in [-0.39, 0.29) is 5.41 Å². The Labute approximate surface area is 107 Å². The molecule has 0 bridgehead atoms. The largest absolute Gasteiger partial charge is 0.385 e. The number of nitrogens with one attached hydrogen (secondary N) is 1. The number of rotatable bonds is 5. The second kappa shape index (κ2) is 5.69. The molecule has 1 aromatic rings. The fraction of sp³-hybridized carbons (Fsp3) is 0.538. The van der Waals surface area contributed by atoms with Crippen LogP contribution in [0.5, 0.6) is 0 Å². The van der Waals surface area contributed by atoms with Crippen LogP contribution in [0.4, 0.5) is 5.69 Å². The van der Waals surface area contributed by atoms with E-state index >= 15 is 0 Å². The van der Waals surface area contributed by atoms with E-state index in [1.54, 1.807) is 0 Å². The van der Waals surface area contributed by atoms with Gasteiger partial charge in [-0.25, -0.2) is 0 Å². The zero-order chi connectivity index (χ0) is 12.2. The molecule has 0 atom stereocenters. The standard InChI is InChI=1S/C13H21BrN2/c1-10-8-11(4-5-12(10)14)16-7-6-13(2,3)9-15/h4-5,8,16H,6-7,9,15H2,1-3H3. The highest BCUT2D eigenvalue weighted by atomic mass is 79.9. The van der Waals surface area contributed by atoms with E-state index in [1.807, 2.05) is 0 Å². The van der Waals surface area contributed by atoms with E-state index in [0.717, 1.165) is 24.0 Å². The molecule has 0 aliphatic carbocycles. The Bertz CT molecular complexity index is 348. The molecule has 0 unspecified atom stereocenters. The second-order valence-corrected chi connectivity index (χ2v) is 5.86. The van der Waals surface area contributed by atoms with Crippen LogP contribution in [0.2, 0.25) is 0 Å². The van der Waals surface area contributed by atoms with Crippen LogP contribution in [-0.2, 0) is 0 Å². The van der Waals surface area contributed by atoms with Crippen molar-refractivity contribution >= 4 is 21.6 Å². The van der Waals surface area contributed by atoms with Gasteiger partial charge in [0.15, 0.2) is 0 Å². The molecular weight excluding hydrogens is 264 g/mol. The molecule has 0 saturated carbocycles. The first-order valence-corrected chi connectivity index (χ1v) is 6.44. The number of aryl methyl sites for hydroxylation is 1. The summed E-state index contributed by atoms with van der Waals surface area (Å²) < 4.78 is 1.15. The quantitative estimate of drug-likeness (QED) is 0.868. The van der Waals surface area contributed by atoms with Crippen molar-refractivity contribution in [3.05, 3.63) is 28.2 Å². The zero-order valence-corrected chi connectivity index (χ0v) is 11.9. The van der Waals surface area contributed by atoms with Gasteiger partial charge in [-0.3, -0.25) is 0 Å². The minimum absolute atomic E-state index is 0.220. The topological polar surface area (TPSA) is 38.0 Å². The summed E-state index contributed by atoms with van der Waals surface area (Å²) in [7, 11) is 0. The molecule has 1 aromatic carbocycles. The normalized spacial score (nSPS) is 11.6. The number of benzene rings is 1. The first-order chi connectivity index (χ1) is 7.44. The number of nitrogens with two attached hydrogens (primary N) is 1. The molecule has 0 aliphatic heterocycles. The van der Waals surface area contributed by atoms with Crippen LogP contribution in [0, 0.1) is 12.3 Å². The van der Waals surface area contributed by atoms with Crippen LogP contribution in [0.3, 0.4) is 0 Å². The predicted molar refractivity (Wildman–Crippen MR) is 74.8 cm³/mol. The average molecular weight is 285 g/mol. The van der Waals surface area contributed by atoms with Gasteiger partial charge in [-0.1, -0.05) is 29.8 Å². The molecule has 0 aliphatic rings. The Kier molecular flexibility index (Phi) is 4.81. The van der Waals surface area contributed by atoms with Gasteiger partial charge in [0, 0.05) is 16.7 Å². The monoisotopic (exact) mass is 284 g/mol. The molecule has 90 valence electrons. The molecule has 0 radical (unpaired) electrons. The molecule has 3 heteroatoms. The van der Waals surface area contributed by atoms with Crippen molar-refractivity contribution in [3.63, 3.8) is 0 Å². The number of anilines is 1. The van der Waals surface area contributed by atoms with Crippen molar-refractivity contribution in [2.75, 3.05) is 18.4 Å². The number of hydrogen-bond donors (Lipinski definition) is 2. The predicted octanol–water partition coefficient (Wildman–Crippen LogP) is 3.54. The molecule has 0 heterocycles. The SMILES string of the molecule is Cc1cc(NCCC(C)(C)CN)ccc1Br. The van der Waals surface area contributed by atoms with Gasteiger partial charge in [0.25, 0.3) is 0 Å². The summed E-state index contributed by atoms with van der Waals surface area (Å²) >= 11 is 3.50. The van der Waals surface area contributed by atoms with E-state index in [2.05, 4.69) is 60.2 Å². The van der Waals surface area contributed by atoms with Crippen LogP contribution >= 0.6 is 15.9 Å². The van der Waals surface area contributed by atoms with Crippen molar-refractivity contribution in [2.45, 2.75) is 27.2 Å². The summed E-state index contributed by atoms with van der Waals surface area (Å²) in [6, 6.07) is 6.32. The molecule has 1 rings (SSSR count). The minimum Gasteiger partial charge on any atom is -0.385 e. The molecule has 0 fully saturated rings. The van der Waals surface area contributed by atoms with Crippen LogP contribution < -0.4 is 11.1 Å². The zero-order valence-electron chi connectivity index (χ0n) is 10.3. The summed E-state index contributed by atoms with van der Waals surface area (Å²) in [5, 5.41) is 3.43. The Balaban J connectivity index is 2.46. The fourth-order valence-corrected chi connectivity index (χ4v) is 1.65. The Hall–Kier alpha value is -0.540. The lowest BCUT2D eigenvalue weighted by Crippen LogP contribution is -2.26. The fourth-order valence-electron chi connectivity index (χ4n) is 1.40. The van der Waals surface area contributed by atoms with Gasteiger partial charge in [0.2, 0.25) is 0 Å². The van der Waals surface area contributed by atoms with E-state index < -0.39 is 0 Å². The van der Waals surface area contributed by atoms with Gasteiger partial charge in [-0.15, -0.1) is 0 Å². The smallest absolute Gasteiger partial charge is 0.0343 e. The summed E-state index contributed by atoms with van der Waals surface area (Å²) in [6.45, 7) is 8.18. The summed E-state index contributed by atoms with van der Waals surface area (Å²) in [5.74, 6) is 0. The van der Waals surface area contributed by atoms with Crippen molar-refractivity contribution in [2.24, 2.45) is 11.1 Å². The highest BCUT2D eigenvalue weighted by Gasteiger charge is 2.14. The van der Waals surface area contributed by atoms with Crippen LogP contribution in [0.15, 0.2) is 22.7 Å². The van der Waals surface area contributed by atoms with E-state index in [1.165, 1.54) is 11.3 Å². The summed E-state index contributed by atoms with van der Waals surface area (Å²) in [6.07, 6.45) is 1.08. The third-order valence-electron chi connectivity index (χ3n) is 2.84. The van der Waals surface area contributed by atoms with Crippen molar-refractivity contribution in [3.8, 4) is 0 Å². The third kappa shape index (κ3) is 4.14. The lowest BCUT2D eigenvalue weighted by molar-refractivity contribution is 0.358. The first kappa shape index (κ1) is 13.5. The van der Waals surface area contributed by atoms with E-state index in [4.69, 9.17) is 5.73 Å². The van der Waals surface area contributed by atoms with Crippen LogP contribution in [0.25, 0.3) is 0 Å². The molecule has 16 heavy (non-hydrogen) atoms. The van der Waals surface area contributed by atoms with Gasteiger partial charge in [0.1, 0.15) is 0 Å². The van der Waals surface area contributed by atoms with Crippen LogP contribution in [-0.4, -0.2) is 13.1 Å². The highest BCUT2D eigenvalue weighted by molar-refractivity contribution is 9.10. The Morgan fingerprint density at radius 1 is 1.38 bits per heavy atom. The number of halogens is 1. The molecule has 3 N–H and O–H groups in total. The third-order valence-corrected chi connectivity index (χ3v) is 3.73. The van der Waals surface area contributed by atoms with Crippen molar-refractivity contribution < 1.29 is 0 Å². The van der Waals surface area contributed by atoms with E-state index in [0.29, 0.717) is 0 Å². The molecule has 2 nitrogen and oxygen atoms in total. The van der Waals surface area contributed by atoms with Gasteiger partial charge in [-0.2, -0.15) is 0 Å². The average Bonchev–Trinajstić information content (AvgIpc) is 2.23. The Morgan fingerprint density at radius 2 is 2.06 bits per heavy atom.